The molecule has 130 valence electrons. The fourth-order valence-electron chi connectivity index (χ4n) is 2.83. The number of carbonyl (C=O) groups excluding carboxylic acids is 1. The topological polar surface area (TPSA) is 51.9 Å². The van der Waals surface area contributed by atoms with Gasteiger partial charge in [0.2, 0.25) is 0 Å². The molecule has 1 atom stereocenters. The normalized spacial score (nSPS) is 12.2. The summed E-state index contributed by atoms with van der Waals surface area (Å²) in [6, 6.07) is 12.1. The van der Waals surface area contributed by atoms with Gasteiger partial charge in [0.05, 0.1) is 11.4 Å². The molecule has 0 radical (unpaired) electrons. The molecule has 0 aliphatic carbocycles. The Hall–Kier alpha value is -2.82. The van der Waals surface area contributed by atoms with Gasteiger partial charge in [-0.05, 0) is 57.0 Å². The number of nitrogens with one attached hydrogen (secondary N) is 1. The van der Waals surface area contributed by atoms with Crippen LogP contribution in [0.2, 0.25) is 0 Å². The van der Waals surface area contributed by atoms with Gasteiger partial charge in [0.1, 0.15) is 5.56 Å². The molecule has 0 saturated heterocycles. The van der Waals surface area contributed by atoms with Crippen LogP contribution in [0, 0.1) is 13.8 Å². The fourth-order valence-corrected chi connectivity index (χ4v) is 2.83. The SMILES string of the molecule is CCC(C)NC(=O)c1c(C)nn(-c2cccc(C)c2)c1-n1cccc1. The van der Waals surface area contributed by atoms with Gasteiger partial charge in [-0.2, -0.15) is 5.10 Å². The van der Waals surface area contributed by atoms with E-state index in [1.807, 2.05) is 72.7 Å². The van der Waals surface area contributed by atoms with Crippen molar-refractivity contribution >= 4 is 5.91 Å². The first-order valence-corrected chi connectivity index (χ1v) is 8.62. The summed E-state index contributed by atoms with van der Waals surface area (Å²) in [6.45, 7) is 7.99. The van der Waals surface area contributed by atoms with E-state index in [1.54, 1.807) is 0 Å². The summed E-state index contributed by atoms with van der Waals surface area (Å²) >= 11 is 0. The van der Waals surface area contributed by atoms with Gasteiger partial charge in [0.25, 0.3) is 5.91 Å². The molecule has 0 aliphatic heterocycles. The number of benzene rings is 1. The first-order valence-electron chi connectivity index (χ1n) is 8.62. The first-order chi connectivity index (χ1) is 12.0. The predicted octanol–water partition coefficient (Wildman–Crippen LogP) is 3.81. The van der Waals surface area contributed by atoms with Crippen molar-refractivity contribution in [2.24, 2.45) is 0 Å². The lowest BCUT2D eigenvalue weighted by Crippen LogP contribution is -2.32. The Kier molecular flexibility index (Phi) is 4.74. The van der Waals surface area contributed by atoms with Gasteiger partial charge in [-0.1, -0.05) is 19.1 Å². The van der Waals surface area contributed by atoms with Crippen LogP contribution in [-0.4, -0.2) is 26.3 Å². The molecule has 0 spiro atoms. The number of amides is 1. The van der Waals surface area contributed by atoms with E-state index in [-0.39, 0.29) is 11.9 Å². The highest BCUT2D eigenvalue weighted by atomic mass is 16.1. The summed E-state index contributed by atoms with van der Waals surface area (Å²) in [5, 5.41) is 7.73. The number of hydrogen-bond donors (Lipinski definition) is 1. The molecular weight excluding hydrogens is 312 g/mol. The average molecular weight is 336 g/mol. The molecule has 2 heterocycles. The van der Waals surface area contributed by atoms with E-state index >= 15 is 0 Å². The van der Waals surface area contributed by atoms with Crippen LogP contribution in [0.4, 0.5) is 0 Å². The molecule has 0 fully saturated rings. The van der Waals surface area contributed by atoms with E-state index < -0.39 is 0 Å². The zero-order valence-corrected chi connectivity index (χ0v) is 15.2. The third kappa shape index (κ3) is 3.36. The van der Waals surface area contributed by atoms with Crippen molar-refractivity contribution in [1.29, 1.82) is 0 Å². The summed E-state index contributed by atoms with van der Waals surface area (Å²) in [5.41, 5.74) is 3.41. The molecule has 1 unspecified atom stereocenters. The average Bonchev–Trinajstić information content (AvgIpc) is 3.21. The molecule has 1 N–H and O–H groups in total. The van der Waals surface area contributed by atoms with Crippen LogP contribution in [-0.2, 0) is 0 Å². The zero-order chi connectivity index (χ0) is 18.0. The molecule has 0 bridgehead atoms. The molecule has 2 aromatic heterocycles. The molecule has 0 aliphatic rings. The van der Waals surface area contributed by atoms with Crippen LogP contribution in [0.15, 0.2) is 48.8 Å². The van der Waals surface area contributed by atoms with Crippen molar-refractivity contribution in [3.05, 3.63) is 65.6 Å². The minimum atomic E-state index is -0.0885. The van der Waals surface area contributed by atoms with Gasteiger partial charge < -0.3 is 9.88 Å². The second kappa shape index (κ2) is 6.97. The summed E-state index contributed by atoms with van der Waals surface area (Å²) in [5.74, 6) is 0.670. The number of aromatic nitrogens is 3. The predicted molar refractivity (Wildman–Crippen MR) is 99.6 cm³/mol. The Balaban J connectivity index is 2.17. The lowest BCUT2D eigenvalue weighted by molar-refractivity contribution is 0.0938. The summed E-state index contributed by atoms with van der Waals surface area (Å²) < 4.78 is 3.78. The molecule has 25 heavy (non-hydrogen) atoms. The first kappa shape index (κ1) is 17.0. The second-order valence-corrected chi connectivity index (χ2v) is 6.41. The van der Waals surface area contributed by atoms with Crippen molar-refractivity contribution in [2.45, 2.75) is 40.2 Å². The molecule has 5 heteroatoms. The van der Waals surface area contributed by atoms with E-state index in [1.165, 1.54) is 0 Å². The van der Waals surface area contributed by atoms with Gasteiger partial charge in [-0.15, -0.1) is 0 Å². The van der Waals surface area contributed by atoms with Crippen molar-refractivity contribution in [3.63, 3.8) is 0 Å². The molecule has 0 saturated carbocycles. The lowest BCUT2D eigenvalue weighted by Gasteiger charge is -2.14. The summed E-state index contributed by atoms with van der Waals surface area (Å²) in [6.07, 6.45) is 4.75. The smallest absolute Gasteiger partial charge is 0.257 e. The number of aryl methyl sites for hydroxylation is 2. The Labute approximate surface area is 148 Å². The number of nitrogens with zero attached hydrogens (tertiary/aromatic N) is 3. The van der Waals surface area contributed by atoms with Crippen LogP contribution in [0.1, 0.15) is 41.9 Å². The van der Waals surface area contributed by atoms with Gasteiger partial charge in [0, 0.05) is 18.4 Å². The van der Waals surface area contributed by atoms with Gasteiger partial charge in [-0.25, -0.2) is 4.68 Å². The summed E-state index contributed by atoms with van der Waals surface area (Å²) in [4.78, 5) is 12.9. The monoisotopic (exact) mass is 336 g/mol. The van der Waals surface area contributed by atoms with Crippen LogP contribution >= 0.6 is 0 Å². The second-order valence-electron chi connectivity index (χ2n) is 6.41. The van der Waals surface area contributed by atoms with E-state index in [2.05, 4.69) is 23.4 Å². The standard InChI is InChI=1S/C20H24N4O/c1-5-15(3)21-19(25)18-16(4)22-24(17-10-8-9-14(2)13-17)20(18)23-11-6-7-12-23/h6-13,15H,5H2,1-4H3,(H,21,25). The fraction of sp³-hybridized carbons (Fsp3) is 0.300. The molecule has 5 nitrogen and oxygen atoms in total. The molecule has 3 rings (SSSR count). The van der Waals surface area contributed by atoms with Crippen molar-refractivity contribution in [3.8, 4) is 11.5 Å². The molecule has 1 amide bonds. The van der Waals surface area contributed by atoms with Crippen molar-refractivity contribution < 1.29 is 4.79 Å². The van der Waals surface area contributed by atoms with Crippen LogP contribution < -0.4 is 5.32 Å². The van der Waals surface area contributed by atoms with Gasteiger partial charge in [-0.3, -0.25) is 4.79 Å². The quantitative estimate of drug-likeness (QED) is 0.770. The molecule has 1 aromatic carbocycles. The Morgan fingerprint density at radius 3 is 2.56 bits per heavy atom. The highest BCUT2D eigenvalue weighted by molar-refractivity contribution is 5.98. The third-order valence-corrected chi connectivity index (χ3v) is 4.35. The lowest BCUT2D eigenvalue weighted by atomic mass is 10.2. The maximum Gasteiger partial charge on any atom is 0.257 e. The van der Waals surface area contributed by atoms with Crippen LogP contribution in [0.3, 0.4) is 0 Å². The van der Waals surface area contributed by atoms with Crippen LogP contribution in [0.25, 0.3) is 11.5 Å². The highest BCUT2D eigenvalue weighted by Gasteiger charge is 2.24. The molecular formula is C20H24N4O. The number of rotatable bonds is 5. The Bertz CT molecular complexity index is 877. The summed E-state index contributed by atoms with van der Waals surface area (Å²) in [7, 11) is 0. The molecule has 3 aromatic rings. The minimum absolute atomic E-state index is 0.0885. The Morgan fingerprint density at radius 2 is 1.92 bits per heavy atom. The van der Waals surface area contributed by atoms with E-state index in [0.29, 0.717) is 11.3 Å². The third-order valence-electron chi connectivity index (χ3n) is 4.35. The highest BCUT2D eigenvalue weighted by Crippen LogP contribution is 2.23. The van der Waals surface area contributed by atoms with E-state index in [9.17, 15) is 4.79 Å². The minimum Gasteiger partial charge on any atom is -0.349 e. The van der Waals surface area contributed by atoms with E-state index in [4.69, 9.17) is 0 Å². The maximum atomic E-state index is 12.9. The maximum absolute atomic E-state index is 12.9. The largest absolute Gasteiger partial charge is 0.349 e. The number of carbonyl (C=O) groups is 1. The van der Waals surface area contributed by atoms with Crippen LogP contribution in [0.5, 0.6) is 0 Å². The van der Waals surface area contributed by atoms with Gasteiger partial charge >= 0.3 is 0 Å². The van der Waals surface area contributed by atoms with Crippen molar-refractivity contribution in [1.82, 2.24) is 19.7 Å². The van der Waals surface area contributed by atoms with Crippen molar-refractivity contribution in [2.75, 3.05) is 0 Å². The Morgan fingerprint density at radius 1 is 1.20 bits per heavy atom. The van der Waals surface area contributed by atoms with E-state index in [0.717, 1.165) is 23.5 Å². The zero-order valence-electron chi connectivity index (χ0n) is 15.2. The van der Waals surface area contributed by atoms with Gasteiger partial charge in [0.15, 0.2) is 5.82 Å². The number of hydrogen-bond acceptors (Lipinski definition) is 2.